The Labute approximate surface area is 54.5 Å². The van der Waals surface area contributed by atoms with E-state index in [-0.39, 0.29) is 0 Å². The molecule has 0 spiro atoms. The van der Waals surface area contributed by atoms with Crippen LogP contribution in [0.4, 0.5) is 0 Å². The van der Waals surface area contributed by atoms with Gasteiger partial charge in [-0.3, -0.25) is 0 Å². The van der Waals surface area contributed by atoms with Crippen LogP contribution in [0.25, 0.3) is 0 Å². The summed E-state index contributed by atoms with van der Waals surface area (Å²) in [5, 5.41) is 0. The maximum absolute atomic E-state index is 8.25. The lowest BCUT2D eigenvalue weighted by Crippen LogP contribution is -2.36. The van der Waals surface area contributed by atoms with Crippen LogP contribution in [0, 0.1) is 0 Å². The molecule has 0 saturated heterocycles. The van der Waals surface area contributed by atoms with Crippen molar-refractivity contribution < 1.29 is 18.8 Å². The highest BCUT2D eigenvalue weighted by atomic mass is 28.4. The van der Waals surface area contributed by atoms with Gasteiger partial charge in [-0.1, -0.05) is 0 Å². The largest absolute Gasteiger partial charge is 0.740 e. The van der Waals surface area contributed by atoms with Crippen LogP contribution in [0.15, 0.2) is 11.8 Å². The minimum Gasteiger partial charge on any atom is -0.487 e. The Morgan fingerprint density at radius 3 is 1.89 bits per heavy atom. The normalized spacial score (nSPS) is 10.8. The van der Waals surface area contributed by atoms with Crippen molar-refractivity contribution in [1.82, 2.24) is 0 Å². The Morgan fingerprint density at radius 1 is 1.33 bits per heavy atom. The number of hydrogen-bond donors (Lipinski definition) is 3. The minimum atomic E-state index is -4.30. The number of hydrogen-bond acceptors (Lipinski definition) is 4. The van der Waals surface area contributed by atoms with Gasteiger partial charge in [0.25, 0.3) is 0 Å². The van der Waals surface area contributed by atoms with Crippen molar-refractivity contribution >= 4 is 9.05 Å². The van der Waals surface area contributed by atoms with Crippen molar-refractivity contribution in [2.24, 2.45) is 0 Å². The smallest absolute Gasteiger partial charge is 0.487 e. The van der Waals surface area contributed by atoms with Crippen molar-refractivity contribution in [2.75, 3.05) is 0 Å². The van der Waals surface area contributed by atoms with Crippen LogP contribution in [0.2, 0.25) is 0 Å². The van der Waals surface area contributed by atoms with Gasteiger partial charge in [0.2, 0.25) is 0 Å². The number of allylic oxidation sites excluding steroid dienone is 1. The highest BCUT2D eigenvalue weighted by Crippen LogP contribution is 1.94. The molecule has 5 heteroatoms. The molecule has 0 saturated carbocycles. The van der Waals surface area contributed by atoms with Gasteiger partial charge in [-0.25, -0.2) is 0 Å². The first-order chi connectivity index (χ1) is 3.92. The fourth-order valence-electron chi connectivity index (χ4n) is 0.197. The molecule has 0 fully saturated rings. The van der Waals surface area contributed by atoms with Crippen LogP contribution >= 0.6 is 0 Å². The molecule has 0 radical (unpaired) electrons. The summed E-state index contributed by atoms with van der Waals surface area (Å²) < 4.78 is 4.13. The molecule has 0 unspecified atom stereocenters. The molecule has 0 aromatic rings. The molecule has 0 amide bonds. The van der Waals surface area contributed by atoms with Crippen molar-refractivity contribution in [3.8, 4) is 0 Å². The van der Waals surface area contributed by atoms with Crippen molar-refractivity contribution in [2.45, 2.75) is 13.8 Å². The van der Waals surface area contributed by atoms with Crippen LogP contribution in [-0.4, -0.2) is 23.4 Å². The third kappa shape index (κ3) is 7.64. The van der Waals surface area contributed by atoms with Gasteiger partial charge in [-0.2, -0.15) is 0 Å². The van der Waals surface area contributed by atoms with E-state index >= 15 is 0 Å². The SMILES string of the molecule is CC(C)=CO[Si](O)(O)O. The van der Waals surface area contributed by atoms with E-state index in [0.717, 1.165) is 11.8 Å². The Morgan fingerprint density at radius 2 is 1.78 bits per heavy atom. The predicted octanol–water partition coefficient (Wildman–Crippen LogP) is -0.661. The Kier molecular flexibility index (Phi) is 2.85. The zero-order valence-electron chi connectivity index (χ0n) is 5.33. The molecule has 4 nitrogen and oxygen atoms in total. The average Bonchev–Trinajstić information content (AvgIpc) is 1.59. The molecular weight excluding hydrogens is 140 g/mol. The lowest BCUT2D eigenvalue weighted by Gasteiger charge is -2.06. The van der Waals surface area contributed by atoms with E-state index in [2.05, 4.69) is 4.43 Å². The van der Waals surface area contributed by atoms with Gasteiger partial charge in [0.1, 0.15) is 0 Å². The molecule has 0 aliphatic carbocycles. The first-order valence-electron chi connectivity index (χ1n) is 2.40. The second-order valence-corrected chi connectivity index (χ2v) is 3.27. The first kappa shape index (κ1) is 8.64. The zero-order chi connectivity index (χ0) is 7.49. The topological polar surface area (TPSA) is 69.9 Å². The van der Waals surface area contributed by atoms with Gasteiger partial charge in [0.15, 0.2) is 0 Å². The molecule has 0 aromatic heterocycles. The third-order valence-corrected chi connectivity index (χ3v) is 0.887. The third-order valence-electron chi connectivity index (χ3n) is 0.453. The fraction of sp³-hybridized carbons (Fsp3) is 0.500. The van der Waals surface area contributed by atoms with E-state index in [1.165, 1.54) is 0 Å². The minimum absolute atomic E-state index is 0.754. The molecular formula is C4H10O4Si. The van der Waals surface area contributed by atoms with Crippen LogP contribution in [0.1, 0.15) is 13.8 Å². The molecule has 0 bridgehead atoms. The highest BCUT2D eigenvalue weighted by Gasteiger charge is 2.31. The van der Waals surface area contributed by atoms with E-state index in [9.17, 15) is 0 Å². The summed E-state index contributed by atoms with van der Waals surface area (Å²) in [5.41, 5.74) is 0.754. The quantitative estimate of drug-likeness (QED) is 0.361. The molecule has 0 aromatic carbocycles. The van der Waals surface area contributed by atoms with Crippen molar-refractivity contribution in [3.05, 3.63) is 11.8 Å². The molecule has 0 heterocycles. The zero-order valence-corrected chi connectivity index (χ0v) is 6.33. The summed E-state index contributed by atoms with van der Waals surface area (Å²) in [6.07, 6.45) is 1.10. The van der Waals surface area contributed by atoms with Crippen LogP contribution in [0.5, 0.6) is 0 Å². The second-order valence-electron chi connectivity index (χ2n) is 1.89. The molecule has 54 valence electrons. The van der Waals surface area contributed by atoms with Crippen LogP contribution in [0.3, 0.4) is 0 Å². The van der Waals surface area contributed by atoms with Crippen LogP contribution in [-0.2, 0) is 4.43 Å². The lowest BCUT2D eigenvalue weighted by atomic mass is 10.4. The Hall–Kier alpha value is -0.363. The maximum Gasteiger partial charge on any atom is 0.740 e. The van der Waals surface area contributed by atoms with Gasteiger partial charge in [-0.05, 0) is 19.4 Å². The summed E-state index contributed by atoms with van der Waals surface area (Å²) in [6, 6.07) is 0. The van der Waals surface area contributed by atoms with Gasteiger partial charge in [-0.15, -0.1) is 0 Å². The van der Waals surface area contributed by atoms with Crippen molar-refractivity contribution in [1.29, 1.82) is 0 Å². The number of rotatable bonds is 2. The van der Waals surface area contributed by atoms with E-state index in [0.29, 0.717) is 0 Å². The highest BCUT2D eigenvalue weighted by molar-refractivity contribution is 6.48. The molecule has 0 aliphatic rings. The van der Waals surface area contributed by atoms with E-state index in [1.54, 1.807) is 13.8 Å². The monoisotopic (exact) mass is 150 g/mol. The summed E-state index contributed by atoms with van der Waals surface area (Å²) in [4.78, 5) is 24.7. The standard InChI is InChI=1S/C4H10O4Si/c1-4(2)3-8-9(5,6)7/h3,5-7H,1-2H3. The molecule has 9 heavy (non-hydrogen) atoms. The Balaban J connectivity index is 3.64. The van der Waals surface area contributed by atoms with Gasteiger partial charge < -0.3 is 18.8 Å². The maximum atomic E-state index is 8.25. The van der Waals surface area contributed by atoms with Gasteiger partial charge in [0.05, 0.1) is 6.26 Å². The summed E-state index contributed by atoms with van der Waals surface area (Å²) >= 11 is 0. The van der Waals surface area contributed by atoms with E-state index in [4.69, 9.17) is 14.4 Å². The van der Waals surface area contributed by atoms with Crippen LogP contribution < -0.4 is 0 Å². The second kappa shape index (κ2) is 2.97. The predicted molar refractivity (Wildman–Crippen MR) is 32.9 cm³/mol. The molecule has 0 atom stereocenters. The van der Waals surface area contributed by atoms with Gasteiger partial charge >= 0.3 is 9.05 Å². The summed E-state index contributed by atoms with van der Waals surface area (Å²) in [5.74, 6) is 0. The molecule has 3 N–H and O–H groups in total. The average molecular weight is 150 g/mol. The fourth-order valence-corrected chi connectivity index (χ4v) is 0.591. The van der Waals surface area contributed by atoms with Gasteiger partial charge in [0, 0.05) is 0 Å². The molecule has 0 aliphatic heterocycles. The summed E-state index contributed by atoms with van der Waals surface area (Å²) in [7, 11) is -4.30. The van der Waals surface area contributed by atoms with E-state index in [1.807, 2.05) is 0 Å². The first-order valence-corrected chi connectivity index (χ1v) is 4.15. The molecule has 0 rings (SSSR count). The Bertz CT molecular complexity index is 110. The lowest BCUT2D eigenvalue weighted by molar-refractivity contribution is 0.105. The van der Waals surface area contributed by atoms with E-state index < -0.39 is 9.05 Å². The van der Waals surface area contributed by atoms with Crippen molar-refractivity contribution in [3.63, 3.8) is 0 Å². The summed E-state index contributed by atoms with van der Waals surface area (Å²) in [6.45, 7) is 3.42.